The molecule has 2 aromatic rings. The van der Waals surface area contributed by atoms with Gasteiger partial charge in [0.2, 0.25) is 0 Å². The Bertz CT molecular complexity index is 627. The van der Waals surface area contributed by atoms with Gasteiger partial charge >= 0.3 is 6.18 Å². The van der Waals surface area contributed by atoms with Crippen molar-refractivity contribution in [3.05, 3.63) is 46.0 Å². The van der Waals surface area contributed by atoms with Gasteiger partial charge in [0, 0.05) is 24.7 Å². The molecule has 0 unspecified atom stereocenters. The highest BCUT2D eigenvalue weighted by molar-refractivity contribution is 5.55. The number of hydrogen-bond donors (Lipinski definition) is 2. The SMILES string of the molecule is O=[N+]([O-])c1ccc(NCCc2ncn[nH]2)cc1C(F)(F)F. The maximum absolute atomic E-state index is 12.8. The molecule has 0 spiro atoms. The van der Waals surface area contributed by atoms with Crippen molar-refractivity contribution in [2.24, 2.45) is 0 Å². The summed E-state index contributed by atoms with van der Waals surface area (Å²) in [5.74, 6) is 0.584. The molecule has 0 aliphatic heterocycles. The zero-order valence-corrected chi connectivity index (χ0v) is 10.5. The summed E-state index contributed by atoms with van der Waals surface area (Å²) >= 11 is 0. The molecule has 1 heterocycles. The summed E-state index contributed by atoms with van der Waals surface area (Å²) in [4.78, 5) is 13.4. The molecule has 0 bridgehead atoms. The van der Waals surface area contributed by atoms with Crippen LogP contribution in [0.1, 0.15) is 11.4 Å². The summed E-state index contributed by atoms with van der Waals surface area (Å²) < 4.78 is 38.3. The molecular weight excluding hydrogens is 291 g/mol. The van der Waals surface area contributed by atoms with E-state index in [1.54, 1.807) is 0 Å². The number of hydrogen-bond acceptors (Lipinski definition) is 5. The van der Waals surface area contributed by atoms with Crippen molar-refractivity contribution in [3.8, 4) is 0 Å². The fourth-order valence-corrected chi connectivity index (χ4v) is 1.71. The molecule has 0 atom stereocenters. The zero-order valence-electron chi connectivity index (χ0n) is 10.5. The predicted octanol–water partition coefficient (Wildman–Crippen LogP) is 2.39. The average molecular weight is 301 g/mol. The quantitative estimate of drug-likeness (QED) is 0.653. The van der Waals surface area contributed by atoms with Crippen LogP contribution in [0.15, 0.2) is 24.5 Å². The normalized spacial score (nSPS) is 11.4. The molecule has 7 nitrogen and oxygen atoms in total. The molecule has 0 aliphatic rings. The van der Waals surface area contributed by atoms with Crippen LogP contribution in [0.3, 0.4) is 0 Å². The number of anilines is 1. The zero-order chi connectivity index (χ0) is 15.5. The van der Waals surface area contributed by atoms with Gasteiger partial charge < -0.3 is 5.32 Å². The van der Waals surface area contributed by atoms with Gasteiger partial charge in [-0.15, -0.1) is 0 Å². The molecule has 0 fully saturated rings. The van der Waals surface area contributed by atoms with E-state index in [-0.39, 0.29) is 5.69 Å². The van der Waals surface area contributed by atoms with Gasteiger partial charge in [-0.05, 0) is 12.1 Å². The molecule has 0 aliphatic carbocycles. The highest BCUT2D eigenvalue weighted by Gasteiger charge is 2.38. The predicted molar refractivity (Wildman–Crippen MR) is 66.7 cm³/mol. The number of nitrogens with zero attached hydrogens (tertiary/aromatic N) is 3. The number of benzene rings is 1. The van der Waals surface area contributed by atoms with E-state index in [4.69, 9.17) is 0 Å². The first-order valence-corrected chi connectivity index (χ1v) is 5.81. The van der Waals surface area contributed by atoms with Gasteiger partial charge in [0.15, 0.2) is 0 Å². The van der Waals surface area contributed by atoms with Gasteiger partial charge in [-0.1, -0.05) is 0 Å². The molecule has 0 amide bonds. The molecule has 10 heteroatoms. The molecule has 112 valence electrons. The Labute approximate surface area is 116 Å². The molecule has 1 aromatic heterocycles. The number of aromatic nitrogens is 3. The van der Waals surface area contributed by atoms with Crippen LogP contribution in [0.25, 0.3) is 0 Å². The summed E-state index contributed by atoms with van der Waals surface area (Å²) in [6.45, 7) is 0.310. The van der Waals surface area contributed by atoms with Gasteiger partial charge in [-0.25, -0.2) is 4.98 Å². The number of rotatable bonds is 5. The van der Waals surface area contributed by atoms with Crippen LogP contribution in [0.4, 0.5) is 24.5 Å². The highest BCUT2D eigenvalue weighted by Crippen LogP contribution is 2.37. The second kappa shape index (κ2) is 5.77. The van der Waals surface area contributed by atoms with Crippen molar-refractivity contribution >= 4 is 11.4 Å². The van der Waals surface area contributed by atoms with Gasteiger partial charge in [0.05, 0.1) is 4.92 Å². The summed E-state index contributed by atoms with van der Waals surface area (Å²) in [6.07, 6.45) is -3.04. The molecule has 2 rings (SSSR count). The third kappa shape index (κ3) is 3.68. The summed E-state index contributed by atoms with van der Waals surface area (Å²) in [5.41, 5.74) is -2.10. The molecule has 2 N–H and O–H groups in total. The Hall–Kier alpha value is -2.65. The van der Waals surface area contributed by atoms with Crippen LogP contribution in [0.2, 0.25) is 0 Å². The van der Waals surface area contributed by atoms with Gasteiger partial charge in [-0.3, -0.25) is 15.2 Å². The monoisotopic (exact) mass is 301 g/mol. The maximum atomic E-state index is 12.8. The average Bonchev–Trinajstić information content (AvgIpc) is 2.90. The van der Waals surface area contributed by atoms with Crippen LogP contribution in [0.5, 0.6) is 0 Å². The van der Waals surface area contributed by atoms with Crippen LogP contribution in [-0.2, 0) is 12.6 Å². The lowest BCUT2D eigenvalue weighted by Gasteiger charge is -2.10. The number of H-pyrrole nitrogens is 1. The number of nitrogens with one attached hydrogen (secondary N) is 2. The number of aromatic amines is 1. The molecule has 0 radical (unpaired) electrons. The lowest BCUT2D eigenvalue weighted by molar-refractivity contribution is -0.388. The molecule has 0 saturated carbocycles. The maximum Gasteiger partial charge on any atom is 0.423 e. The number of alkyl halides is 3. The fourth-order valence-electron chi connectivity index (χ4n) is 1.71. The number of nitro groups is 1. The minimum atomic E-state index is -4.79. The van der Waals surface area contributed by atoms with Crippen molar-refractivity contribution in [3.63, 3.8) is 0 Å². The van der Waals surface area contributed by atoms with Crippen LogP contribution < -0.4 is 5.32 Å². The smallest absolute Gasteiger partial charge is 0.385 e. The Kier molecular flexibility index (Phi) is 4.05. The molecular formula is C11H10F3N5O2. The van der Waals surface area contributed by atoms with Gasteiger partial charge in [0.1, 0.15) is 17.7 Å². The van der Waals surface area contributed by atoms with Gasteiger partial charge in [0.25, 0.3) is 5.69 Å². The lowest BCUT2D eigenvalue weighted by atomic mass is 10.1. The summed E-state index contributed by atoms with van der Waals surface area (Å²) in [5, 5.41) is 19.6. The third-order valence-corrected chi connectivity index (χ3v) is 2.65. The van der Waals surface area contributed by atoms with E-state index in [1.807, 2.05) is 0 Å². The lowest BCUT2D eigenvalue weighted by Crippen LogP contribution is -2.11. The fraction of sp³-hybridized carbons (Fsp3) is 0.273. The van der Waals surface area contributed by atoms with Crippen molar-refractivity contribution in [2.75, 3.05) is 11.9 Å². The van der Waals surface area contributed by atoms with Crippen LogP contribution >= 0.6 is 0 Å². The van der Waals surface area contributed by atoms with E-state index < -0.39 is 22.4 Å². The van der Waals surface area contributed by atoms with E-state index in [0.717, 1.165) is 12.1 Å². The minimum absolute atomic E-state index is 0.146. The first-order valence-electron chi connectivity index (χ1n) is 5.81. The molecule has 21 heavy (non-hydrogen) atoms. The van der Waals surface area contributed by atoms with E-state index in [0.29, 0.717) is 18.8 Å². The van der Waals surface area contributed by atoms with Gasteiger partial charge in [-0.2, -0.15) is 18.3 Å². The van der Waals surface area contributed by atoms with E-state index in [9.17, 15) is 23.3 Å². The third-order valence-electron chi connectivity index (χ3n) is 2.65. The minimum Gasteiger partial charge on any atom is -0.385 e. The highest BCUT2D eigenvalue weighted by atomic mass is 19.4. The Balaban J connectivity index is 2.12. The number of halogens is 3. The molecule has 0 saturated heterocycles. The Morgan fingerprint density at radius 2 is 2.14 bits per heavy atom. The first-order chi connectivity index (χ1) is 9.88. The van der Waals surface area contributed by atoms with E-state index in [2.05, 4.69) is 20.5 Å². The van der Waals surface area contributed by atoms with Crippen molar-refractivity contribution in [2.45, 2.75) is 12.6 Å². The van der Waals surface area contributed by atoms with E-state index >= 15 is 0 Å². The topological polar surface area (TPSA) is 96.7 Å². The van der Waals surface area contributed by atoms with E-state index in [1.165, 1.54) is 12.4 Å². The Morgan fingerprint density at radius 3 is 2.71 bits per heavy atom. The van der Waals surface area contributed by atoms with Crippen molar-refractivity contribution < 1.29 is 18.1 Å². The summed E-state index contributed by atoms with van der Waals surface area (Å²) in [6, 6.07) is 2.78. The summed E-state index contributed by atoms with van der Waals surface area (Å²) in [7, 11) is 0. The van der Waals surface area contributed by atoms with Crippen molar-refractivity contribution in [1.82, 2.24) is 15.2 Å². The second-order valence-electron chi connectivity index (χ2n) is 4.10. The second-order valence-corrected chi connectivity index (χ2v) is 4.10. The molecule has 1 aromatic carbocycles. The standard InChI is InChI=1S/C11H10F3N5O2/c12-11(13,14)8-5-7(1-2-9(8)19(20)21)15-4-3-10-16-6-17-18-10/h1-2,5-6,15H,3-4H2,(H,16,17,18). The number of nitro benzene ring substituents is 1. The first kappa shape index (κ1) is 14.8. The van der Waals surface area contributed by atoms with Crippen molar-refractivity contribution in [1.29, 1.82) is 0 Å². The van der Waals surface area contributed by atoms with Crippen LogP contribution in [0, 0.1) is 10.1 Å². The van der Waals surface area contributed by atoms with Crippen LogP contribution in [-0.4, -0.2) is 26.6 Å². The largest absolute Gasteiger partial charge is 0.423 e. The Morgan fingerprint density at radius 1 is 1.38 bits per heavy atom.